The molecule has 3 heterocycles. The minimum Gasteiger partial charge on any atom is -0.497 e. The predicted molar refractivity (Wildman–Crippen MR) is 154 cm³/mol. The molecule has 0 fully saturated rings. The third-order valence-electron chi connectivity index (χ3n) is 7.72. The maximum atomic E-state index is 13.6. The van der Waals surface area contributed by atoms with Gasteiger partial charge in [-0.3, -0.25) is 14.9 Å². The van der Waals surface area contributed by atoms with Gasteiger partial charge in [0.1, 0.15) is 28.9 Å². The van der Waals surface area contributed by atoms with Crippen LogP contribution in [0.3, 0.4) is 0 Å². The highest BCUT2D eigenvalue weighted by atomic mass is 16.6. The number of carbonyl (C=O) groups is 2. The second-order valence-electron chi connectivity index (χ2n) is 10.3. The lowest BCUT2D eigenvalue weighted by molar-refractivity contribution is -0.384. The molecule has 1 atom stereocenters. The van der Waals surface area contributed by atoms with Crippen molar-refractivity contribution in [2.75, 3.05) is 18.6 Å². The Bertz CT molecular complexity index is 1770. The number of nitrogens with zero attached hydrogens (tertiary/aromatic N) is 7. The number of anilines is 1. The standard InChI is InChI=1S/C30H29N7O6/c1-4-43-30(39)23-15-31-36-28(19-8-11-22(42-3)12-9-19)27-25(6-5-7-26(27)38)34(29(23)36)16-20-17-35(33-32-20)24-13-10-21(37(40)41)14-18(24)2/h8-15,17,28H,4-7,16H2,1-3H3. The maximum absolute atomic E-state index is 13.6. The average molecular weight is 584 g/mol. The van der Waals surface area contributed by atoms with Crippen molar-refractivity contribution in [3.05, 3.63) is 98.6 Å². The van der Waals surface area contributed by atoms with Crippen molar-refractivity contribution in [3.63, 3.8) is 0 Å². The summed E-state index contributed by atoms with van der Waals surface area (Å²) in [5.74, 6) is 0.702. The fraction of sp³-hybridized carbons (Fsp3) is 0.300. The van der Waals surface area contributed by atoms with E-state index in [0.29, 0.717) is 53.3 Å². The molecule has 4 aromatic rings. The van der Waals surface area contributed by atoms with Crippen LogP contribution in [0.4, 0.5) is 11.5 Å². The number of Topliss-reactive ketones (excluding diaryl/α,β-unsaturated/α-hetero) is 1. The molecule has 6 rings (SSSR count). The number of hydrogen-bond donors (Lipinski definition) is 0. The largest absolute Gasteiger partial charge is 0.497 e. The van der Waals surface area contributed by atoms with E-state index >= 15 is 0 Å². The number of allylic oxidation sites excluding steroid dienone is 2. The molecule has 0 saturated carbocycles. The predicted octanol–water partition coefficient (Wildman–Crippen LogP) is 4.48. The zero-order valence-corrected chi connectivity index (χ0v) is 23.9. The number of hydrogen-bond acceptors (Lipinski definition) is 10. The first kappa shape index (κ1) is 27.8. The fourth-order valence-corrected chi connectivity index (χ4v) is 5.78. The lowest BCUT2D eigenvalue weighted by atomic mass is 9.84. The zero-order valence-electron chi connectivity index (χ0n) is 23.9. The second-order valence-corrected chi connectivity index (χ2v) is 10.3. The van der Waals surface area contributed by atoms with Gasteiger partial charge in [-0.2, -0.15) is 5.10 Å². The fourth-order valence-electron chi connectivity index (χ4n) is 5.78. The van der Waals surface area contributed by atoms with Crippen LogP contribution >= 0.6 is 0 Å². The smallest absolute Gasteiger partial charge is 0.343 e. The quantitative estimate of drug-likeness (QED) is 0.165. The van der Waals surface area contributed by atoms with Crippen LogP contribution in [0.1, 0.15) is 59.4 Å². The van der Waals surface area contributed by atoms with Crippen LogP contribution in [0.2, 0.25) is 0 Å². The summed E-state index contributed by atoms with van der Waals surface area (Å²) in [5.41, 5.74) is 4.41. The number of nitro benzene ring substituents is 1. The number of carbonyl (C=O) groups excluding carboxylic acids is 2. The summed E-state index contributed by atoms with van der Waals surface area (Å²) >= 11 is 0. The second kappa shape index (κ2) is 11.2. The number of nitro groups is 1. The number of aryl methyl sites for hydroxylation is 1. The first-order chi connectivity index (χ1) is 20.8. The number of aromatic nitrogens is 5. The molecular weight excluding hydrogens is 554 g/mol. The van der Waals surface area contributed by atoms with Crippen LogP contribution in [0.15, 0.2) is 66.1 Å². The van der Waals surface area contributed by atoms with Crippen LogP contribution in [-0.2, 0) is 16.1 Å². The highest BCUT2D eigenvalue weighted by Crippen LogP contribution is 2.45. The number of ether oxygens (including phenoxy) is 2. The van der Waals surface area contributed by atoms with Crippen LogP contribution in [-0.4, -0.2) is 55.2 Å². The normalized spacial score (nSPS) is 16.1. The minimum absolute atomic E-state index is 0.0116. The van der Waals surface area contributed by atoms with E-state index in [0.717, 1.165) is 11.3 Å². The van der Waals surface area contributed by atoms with Gasteiger partial charge >= 0.3 is 5.97 Å². The molecule has 1 aliphatic heterocycles. The van der Waals surface area contributed by atoms with E-state index in [-0.39, 0.29) is 30.2 Å². The third-order valence-corrected chi connectivity index (χ3v) is 7.72. The summed E-state index contributed by atoms with van der Waals surface area (Å²) in [7, 11) is 1.59. The highest BCUT2D eigenvalue weighted by Gasteiger charge is 2.42. The van der Waals surface area contributed by atoms with Gasteiger partial charge < -0.3 is 14.4 Å². The minimum atomic E-state index is -0.540. The first-order valence-electron chi connectivity index (χ1n) is 13.9. The lowest BCUT2D eigenvalue weighted by Gasteiger charge is -2.40. The van der Waals surface area contributed by atoms with Crippen molar-refractivity contribution >= 4 is 23.3 Å². The molecule has 1 unspecified atom stereocenters. The first-order valence-corrected chi connectivity index (χ1v) is 13.9. The van der Waals surface area contributed by atoms with Crippen molar-refractivity contribution in [1.82, 2.24) is 24.8 Å². The van der Waals surface area contributed by atoms with Crippen LogP contribution in [0.25, 0.3) is 5.69 Å². The Hall–Kier alpha value is -5.33. The molecule has 0 saturated heterocycles. The molecule has 0 N–H and O–H groups in total. The number of fused-ring (bicyclic) bond motifs is 1. The van der Waals surface area contributed by atoms with Gasteiger partial charge in [-0.05, 0) is 56.0 Å². The van der Waals surface area contributed by atoms with Gasteiger partial charge in [0.25, 0.3) is 5.69 Å². The number of benzene rings is 2. The molecule has 1 aliphatic carbocycles. The van der Waals surface area contributed by atoms with E-state index in [1.165, 1.54) is 18.3 Å². The van der Waals surface area contributed by atoms with Crippen molar-refractivity contribution in [1.29, 1.82) is 0 Å². The van der Waals surface area contributed by atoms with Crippen molar-refractivity contribution in [3.8, 4) is 11.4 Å². The molecule has 2 aromatic carbocycles. The molecule has 0 spiro atoms. The Labute approximate surface area is 246 Å². The Balaban J connectivity index is 1.46. The van der Waals surface area contributed by atoms with Gasteiger partial charge in [-0.1, -0.05) is 17.3 Å². The monoisotopic (exact) mass is 583 g/mol. The van der Waals surface area contributed by atoms with E-state index in [1.807, 2.05) is 29.2 Å². The molecule has 2 aromatic heterocycles. The topological polar surface area (TPSA) is 148 Å². The Morgan fingerprint density at radius 3 is 2.65 bits per heavy atom. The Morgan fingerprint density at radius 2 is 1.95 bits per heavy atom. The molecule has 0 amide bonds. The third kappa shape index (κ3) is 4.92. The Kier molecular flexibility index (Phi) is 7.22. The van der Waals surface area contributed by atoms with E-state index in [9.17, 15) is 19.7 Å². The summed E-state index contributed by atoms with van der Waals surface area (Å²) in [4.78, 5) is 39.4. The van der Waals surface area contributed by atoms with E-state index in [1.54, 1.807) is 42.6 Å². The SMILES string of the molecule is CCOC(=O)c1cnn2c1N(Cc1cn(-c3ccc([N+](=O)[O-])cc3C)nn1)C1=C(C(=O)CCC1)C2c1ccc(OC)cc1. The summed E-state index contributed by atoms with van der Waals surface area (Å²) in [5, 5.41) is 24.5. The van der Waals surface area contributed by atoms with Crippen molar-refractivity contribution in [2.45, 2.75) is 45.7 Å². The van der Waals surface area contributed by atoms with E-state index in [2.05, 4.69) is 15.4 Å². The highest BCUT2D eigenvalue weighted by molar-refractivity contribution is 6.01. The van der Waals surface area contributed by atoms with Crippen LogP contribution < -0.4 is 9.64 Å². The summed E-state index contributed by atoms with van der Waals surface area (Å²) in [6.45, 7) is 3.90. The van der Waals surface area contributed by atoms with Gasteiger partial charge in [0.2, 0.25) is 0 Å². The molecule has 0 radical (unpaired) electrons. The average Bonchev–Trinajstić information content (AvgIpc) is 3.65. The zero-order chi connectivity index (χ0) is 30.2. The van der Waals surface area contributed by atoms with Crippen molar-refractivity contribution in [2.24, 2.45) is 0 Å². The van der Waals surface area contributed by atoms with Gasteiger partial charge in [0, 0.05) is 29.8 Å². The lowest BCUT2D eigenvalue weighted by Crippen LogP contribution is -2.39. The van der Waals surface area contributed by atoms with Gasteiger partial charge in [-0.25, -0.2) is 14.2 Å². The number of ketones is 1. The molecule has 13 nitrogen and oxygen atoms in total. The van der Waals surface area contributed by atoms with Gasteiger partial charge in [-0.15, -0.1) is 5.10 Å². The van der Waals surface area contributed by atoms with E-state index in [4.69, 9.17) is 9.47 Å². The molecule has 220 valence electrons. The van der Waals surface area contributed by atoms with Gasteiger partial charge in [0.15, 0.2) is 5.78 Å². The van der Waals surface area contributed by atoms with E-state index < -0.39 is 16.9 Å². The van der Waals surface area contributed by atoms with Gasteiger partial charge in [0.05, 0.1) is 43.3 Å². The number of methoxy groups -OCH3 is 1. The molecule has 0 bridgehead atoms. The summed E-state index contributed by atoms with van der Waals surface area (Å²) < 4.78 is 14.0. The number of non-ortho nitro benzene ring substituents is 1. The van der Waals surface area contributed by atoms with Crippen LogP contribution in [0.5, 0.6) is 5.75 Å². The summed E-state index contributed by atoms with van der Waals surface area (Å²) in [6, 6.07) is 11.5. The number of esters is 1. The number of rotatable bonds is 8. The maximum Gasteiger partial charge on any atom is 0.343 e. The molecule has 13 heteroatoms. The Morgan fingerprint density at radius 1 is 1.16 bits per heavy atom. The van der Waals surface area contributed by atoms with Crippen LogP contribution in [0, 0.1) is 17.0 Å². The molecule has 43 heavy (non-hydrogen) atoms. The van der Waals surface area contributed by atoms with Crippen molar-refractivity contribution < 1.29 is 24.0 Å². The molecule has 2 aliphatic rings. The summed E-state index contributed by atoms with van der Waals surface area (Å²) in [6.07, 6.45) is 4.92. The molecular formula is C30H29N7O6.